The van der Waals surface area contributed by atoms with Crippen LogP contribution in [0, 0.1) is 5.41 Å². The summed E-state index contributed by atoms with van der Waals surface area (Å²) in [5, 5.41) is 8.37. The van der Waals surface area contributed by atoms with Crippen LogP contribution in [-0.2, 0) is 0 Å². The van der Waals surface area contributed by atoms with Crippen LogP contribution in [0.4, 0.5) is 0 Å². The molecule has 0 aliphatic heterocycles. The van der Waals surface area contributed by atoms with E-state index in [-0.39, 0.29) is 5.84 Å². The molecule has 0 atom stereocenters. The number of amidine groups is 1. The zero-order valence-corrected chi connectivity index (χ0v) is 8.32. The van der Waals surface area contributed by atoms with Gasteiger partial charge in [-0.2, -0.15) is 0 Å². The Bertz CT molecular complexity index is 522. The average Bonchev–Trinajstić information content (AvgIpc) is 2.27. The Morgan fingerprint density at radius 2 is 2.20 bits per heavy atom. The molecule has 2 aromatic rings. The molecular weight excluding hydrogens is 190 g/mol. The van der Waals surface area contributed by atoms with Crippen molar-refractivity contribution in [1.82, 2.24) is 4.98 Å². The van der Waals surface area contributed by atoms with Crippen LogP contribution in [0.2, 0.25) is 0 Å². The zero-order chi connectivity index (χ0) is 10.8. The minimum atomic E-state index is -0.00884. The van der Waals surface area contributed by atoms with Crippen LogP contribution in [0.15, 0.2) is 30.5 Å². The zero-order valence-electron chi connectivity index (χ0n) is 8.32. The number of nitrogens with zero attached hydrogens (tertiary/aromatic N) is 1. The van der Waals surface area contributed by atoms with Gasteiger partial charge in [-0.05, 0) is 18.2 Å². The smallest absolute Gasteiger partial charge is 0.130 e. The van der Waals surface area contributed by atoms with E-state index in [0.29, 0.717) is 11.3 Å². The summed E-state index contributed by atoms with van der Waals surface area (Å²) < 4.78 is 5.17. The third-order valence-electron chi connectivity index (χ3n) is 2.24. The molecule has 0 unspecified atom stereocenters. The summed E-state index contributed by atoms with van der Waals surface area (Å²) in [5.41, 5.74) is 6.94. The fraction of sp³-hybridized carbons (Fsp3) is 0.0909. The van der Waals surface area contributed by atoms with Crippen LogP contribution in [0.25, 0.3) is 10.9 Å². The highest BCUT2D eigenvalue weighted by atomic mass is 16.5. The first kappa shape index (κ1) is 9.45. The first-order valence-corrected chi connectivity index (χ1v) is 4.50. The highest BCUT2D eigenvalue weighted by Gasteiger charge is 2.10. The number of aromatic nitrogens is 1. The van der Waals surface area contributed by atoms with Crippen molar-refractivity contribution in [3.63, 3.8) is 0 Å². The Kier molecular flexibility index (Phi) is 2.25. The molecule has 0 saturated heterocycles. The van der Waals surface area contributed by atoms with E-state index < -0.39 is 0 Å². The topological polar surface area (TPSA) is 72.0 Å². The molecule has 0 spiro atoms. The van der Waals surface area contributed by atoms with Gasteiger partial charge in [0.15, 0.2) is 0 Å². The second-order valence-corrected chi connectivity index (χ2v) is 3.13. The molecule has 0 bridgehead atoms. The van der Waals surface area contributed by atoms with Gasteiger partial charge in [0.1, 0.15) is 11.6 Å². The summed E-state index contributed by atoms with van der Waals surface area (Å²) in [6.45, 7) is 0. The van der Waals surface area contributed by atoms with Crippen LogP contribution in [0.1, 0.15) is 5.56 Å². The van der Waals surface area contributed by atoms with Crippen LogP contribution >= 0.6 is 0 Å². The van der Waals surface area contributed by atoms with Gasteiger partial charge in [0.25, 0.3) is 0 Å². The van der Waals surface area contributed by atoms with Gasteiger partial charge in [-0.3, -0.25) is 10.4 Å². The third-order valence-corrected chi connectivity index (χ3v) is 2.24. The quantitative estimate of drug-likeness (QED) is 0.571. The van der Waals surface area contributed by atoms with Gasteiger partial charge in [-0.1, -0.05) is 6.07 Å². The molecular formula is C11H11N3O. The minimum Gasteiger partial charge on any atom is -0.496 e. The fourth-order valence-electron chi connectivity index (χ4n) is 1.58. The third kappa shape index (κ3) is 1.50. The monoisotopic (exact) mass is 201 g/mol. The molecule has 15 heavy (non-hydrogen) atoms. The highest BCUT2D eigenvalue weighted by Crippen LogP contribution is 2.25. The minimum absolute atomic E-state index is 0.00884. The summed E-state index contributed by atoms with van der Waals surface area (Å²) in [5.74, 6) is 0.591. The number of benzene rings is 1. The number of methoxy groups -OCH3 is 1. The average molecular weight is 201 g/mol. The second-order valence-electron chi connectivity index (χ2n) is 3.13. The van der Waals surface area contributed by atoms with E-state index in [2.05, 4.69) is 4.98 Å². The van der Waals surface area contributed by atoms with Gasteiger partial charge in [0.2, 0.25) is 0 Å². The van der Waals surface area contributed by atoms with E-state index in [9.17, 15) is 0 Å². The maximum absolute atomic E-state index is 7.53. The molecule has 1 aromatic carbocycles. The Labute approximate surface area is 87.2 Å². The van der Waals surface area contributed by atoms with Gasteiger partial charge in [0.05, 0.1) is 18.2 Å². The molecule has 76 valence electrons. The first-order chi connectivity index (χ1) is 7.24. The van der Waals surface area contributed by atoms with Crippen LogP contribution in [0.3, 0.4) is 0 Å². The normalized spacial score (nSPS) is 10.2. The van der Waals surface area contributed by atoms with E-state index >= 15 is 0 Å². The summed E-state index contributed by atoms with van der Waals surface area (Å²) in [6, 6.07) is 7.31. The molecule has 3 N–H and O–H groups in total. The number of hydrogen-bond donors (Lipinski definition) is 2. The summed E-state index contributed by atoms with van der Waals surface area (Å²) in [4.78, 5) is 4.19. The molecule has 4 nitrogen and oxygen atoms in total. The van der Waals surface area contributed by atoms with E-state index in [4.69, 9.17) is 15.9 Å². The van der Waals surface area contributed by atoms with Crippen LogP contribution in [-0.4, -0.2) is 17.9 Å². The summed E-state index contributed by atoms with van der Waals surface area (Å²) in [6.07, 6.45) is 1.71. The lowest BCUT2D eigenvalue weighted by Crippen LogP contribution is -2.13. The number of nitrogens with two attached hydrogens (primary N) is 1. The molecule has 4 heteroatoms. The van der Waals surface area contributed by atoms with Crippen molar-refractivity contribution in [2.45, 2.75) is 0 Å². The SMILES string of the molecule is COc1ccc2ncccc2c1C(=N)N. The molecule has 0 aliphatic rings. The Morgan fingerprint density at radius 1 is 1.40 bits per heavy atom. The molecule has 0 aliphatic carbocycles. The lowest BCUT2D eigenvalue weighted by atomic mass is 10.1. The van der Waals surface area contributed by atoms with Crippen molar-refractivity contribution in [3.8, 4) is 5.75 Å². The Balaban J connectivity index is 2.85. The van der Waals surface area contributed by atoms with Crippen molar-refractivity contribution in [3.05, 3.63) is 36.0 Å². The largest absolute Gasteiger partial charge is 0.496 e. The molecule has 1 aromatic heterocycles. The second kappa shape index (κ2) is 3.57. The van der Waals surface area contributed by atoms with E-state index in [0.717, 1.165) is 10.9 Å². The van der Waals surface area contributed by atoms with Gasteiger partial charge in [0, 0.05) is 11.6 Å². The standard InChI is InChI=1S/C11H11N3O/c1-15-9-5-4-8-7(3-2-6-14-8)10(9)11(12)13/h2-6H,1H3,(H3,12,13). The van der Waals surface area contributed by atoms with Gasteiger partial charge in [-0.25, -0.2) is 0 Å². The highest BCUT2D eigenvalue weighted by molar-refractivity contribution is 6.09. The molecule has 0 saturated carbocycles. The van der Waals surface area contributed by atoms with Crippen molar-refractivity contribution in [2.75, 3.05) is 7.11 Å². The van der Waals surface area contributed by atoms with Crippen molar-refractivity contribution in [2.24, 2.45) is 5.73 Å². The van der Waals surface area contributed by atoms with E-state index in [1.807, 2.05) is 18.2 Å². The van der Waals surface area contributed by atoms with Crippen LogP contribution < -0.4 is 10.5 Å². The predicted molar refractivity (Wildman–Crippen MR) is 59.3 cm³/mol. The summed E-state index contributed by atoms with van der Waals surface area (Å²) >= 11 is 0. The van der Waals surface area contributed by atoms with Crippen LogP contribution in [0.5, 0.6) is 5.75 Å². The van der Waals surface area contributed by atoms with Gasteiger partial charge in [-0.15, -0.1) is 0 Å². The first-order valence-electron chi connectivity index (χ1n) is 4.50. The number of rotatable bonds is 2. The lowest BCUT2D eigenvalue weighted by Gasteiger charge is -2.09. The predicted octanol–water partition coefficient (Wildman–Crippen LogP) is 1.53. The number of hydrogen-bond acceptors (Lipinski definition) is 3. The van der Waals surface area contributed by atoms with Crippen molar-refractivity contribution in [1.29, 1.82) is 5.41 Å². The Morgan fingerprint density at radius 3 is 2.87 bits per heavy atom. The molecule has 0 amide bonds. The maximum Gasteiger partial charge on any atom is 0.130 e. The molecule has 0 fully saturated rings. The number of fused-ring (bicyclic) bond motifs is 1. The number of pyridine rings is 1. The van der Waals surface area contributed by atoms with E-state index in [1.165, 1.54) is 0 Å². The molecule has 1 heterocycles. The number of nitrogens with one attached hydrogen (secondary N) is 1. The fourth-order valence-corrected chi connectivity index (χ4v) is 1.58. The van der Waals surface area contributed by atoms with E-state index in [1.54, 1.807) is 19.4 Å². The van der Waals surface area contributed by atoms with Gasteiger partial charge < -0.3 is 10.5 Å². The Hall–Kier alpha value is -2.10. The van der Waals surface area contributed by atoms with Gasteiger partial charge >= 0.3 is 0 Å². The lowest BCUT2D eigenvalue weighted by molar-refractivity contribution is 0.414. The number of nitrogen functional groups attached to an aromatic ring is 1. The summed E-state index contributed by atoms with van der Waals surface area (Å²) in [7, 11) is 1.56. The molecule has 0 radical (unpaired) electrons. The van der Waals surface area contributed by atoms with Crippen molar-refractivity contribution >= 4 is 16.7 Å². The molecule has 2 rings (SSSR count). The number of ether oxygens (including phenoxy) is 1. The van der Waals surface area contributed by atoms with Crippen molar-refractivity contribution < 1.29 is 4.74 Å². The maximum atomic E-state index is 7.53.